The molecule has 0 fully saturated rings. The van der Waals surface area contributed by atoms with Crippen molar-refractivity contribution in [1.82, 2.24) is 0 Å². The van der Waals surface area contributed by atoms with Crippen LogP contribution in [0.3, 0.4) is 0 Å². The number of rotatable bonds is 12. The van der Waals surface area contributed by atoms with E-state index in [1.807, 2.05) is 0 Å². The van der Waals surface area contributed by atoms with Crippen molar-refractivity contribution in [2.24, 2.45) is 16.2 Å². The van der Waals surface area contributed by atoms with Gasteiger partial charge in [0.05, 0.1) is 5.76 Å². The zero-order valence-electron chi connectivity index (χ0n) is 19.8. The first-order valence-electron chi connectivity index (χ1n) is 10.7. The van der Waals surface area contributed by atoms with Crippen LogP contribution in [0, 0.1) is 16.2 Å². The number of allylic oxidation sites excluding steroid dienone is 2. The Morgan fingerprint density at radius 3 is 1.73 bits per heavy atom. The van der Waals surface area contributed by atoms with Gasteiger partial charge in [-0.05, 0) is 51.4 Å². The standard InChI is InChI=1S/C25H48O/c1-13-16-20(3)17-15-19-23(8,9)24(10,11)26-21(4)25(12,18-14-2)22(5,6)7/h3-4,13-19H2,1-2,5-12H3. The summed E-state index contributed by atoms with van der Waals surface area (Å²) in [6.45, 7) is 31.4. The number of hydrogen-bond acceptors (Lipinski definition) is 1. The molecule has 0 aromatic carbocycles. The van der Waals surface area contributed by atoms with Gasteiger partial charge in [-0.2, -0.15) is 0 Å². The van der Waals surface area contributed by atoms with Gasteiger partial charge in [0.2, 0.25) is 0 Å². The van der Waals surface area contributed by atoms with Gasteiger partial charge < -0.3 is 4.74 Å². The smallest absolute Gasteiger partial charge is 0.108 e. The lowest BCUT2D eigenvalue weighted by atomic mass is 9.64. The fraction of sp³-hybridized carbons (Fsp3) is 0.840. The van der Waals surface area contributed by atoms with E-state index in [9.17, 15) is 0 Å². The Kier molecular flexibility index (Phi) is 9.21. The van der Waals surface area contributed by atoms with Crippen molar-refractivity contribution < 1.29 is 4.74 Å². The van der Waals surface area contributed by atoms with E-state index < -0.39 is 0 Å². The minimum absolute atomic E-state index is 0.0233. The molecule has 0 heterocycles. The average molecular weight is 365 g/mol. The topological polar surface area (TPSA) is 9.23 Å². The molecule has 1 unspecified atom stereocenters. The van der Waals surface area contributed by atoms with Gasteiger partial charge in [-0.1, -0.05) is 87.0 Å². The maximum atomic E-state index is 6.63. The molecule has 0 aliphatic heterocycles. The summed E-state index contributed by atoms with van der Waals surface area (Å²) in [4.78, 5) is 0. The molecule has 1 atom stereocenters. The van der Waals surface area contributed by atoms with Gasteiger partial charge in [-0.15, -0.1) is 0 Å². The average Bonchev–Trinajstić information content (AvgIpc) is 2.45. The second-order valence-electron chi connectivity index (χ2n) is 10.6. The third-order valence-electron chi connectivity index (χ3n) is 6.96. The first-order valence-corrected chi connectivity index (χ1v) is 10.7. The highest BCUT2D eigenvalue weighted by molar-refractivity contribution is 5.09. The van der Waals surface area contributed by atoms with Crippen LogP contribution in [-0.2, 0) is 4.74 Å². The molecule has 26 heavy (non-hydrogen) atoms. The lowest BCUT2D eigenvalue weighted by Crippen LogP contribution is -2.45. The molecular weight excluding hydrogens is 316 g/mol. The van der Waals surface area contributed by atoms with Crippen molar-refractivity contribution in [2.75, 3.05) is 0 Å². The fourth-order valence-corrected chi connectivity index (χ4v) is 3.55. The molecule has 1 nitrogen and oxygen atoms in total. The molecule has 0 aliphatic carbocycles. The molecular formula is C25H48O. The molecule has 0 spiro atoms. The normalized spacial score (nSPS) is 15.5. The Morgan fingerprint density at radius 1 is 0.769 bits per heavy atom. The Labute approximate surface area is 165 Å². The van der Waals surface area contributed by atoms with Crippen molar-refractivity contribution in [3.8, 4) is 0 Å². The first kappa shape index (κ1) is 25.3. The van der Waals surface area contributed by atoms with E-state index in [1.54, 1.807) is 0 Å². The van der Waals surface area contributed by atoms with E-state index in [2.05, 4.69) is 82.4 Å². The molecule has 0 saturated heterocycles. The molecule has 0 amide bonds. The molecule has 0 bridgehead atoms. The molecule has 0 aromatic heterocycles. The third kappa shape index (κ3) is 6.46. The van der Waals surface area contributed by atoms with Gasteiger partial charge >= 0.3 is 0 Å². The number of ether oxygens (including phenoxy) is 1. The third-order valence-corrected chi connectivity index (χ3v) is 6.96. The van der Waals surface area contributed by atoms with Gasteiger partial charge in [-0.25, -0.2) is 0 Å². The summed E-state index contributed by atoms with van der Waals surface area (Å²) in [6, 6.07) is 0. The van der Waals surface area contributed by atoms with Gasteiger partial charge in [0, 0.05) is 10.8 Å². The van der Waals surface area contributed by atoms with Crippen molar-refractivity contribution >= 4 is 0 Å². The summed E-state index contributed by atoms with van der Waals surface area (Å²) in [6.07, 6.45) is 8.02. The molecule has 0 saturated carbocycles. The van der Waals surface area contributed by atoms with Crippen LogP contribution in [0.2, 0.25) is 0 Å². The summed E-state index contributed by atoms with van der Waals surface area (Å²) >= 11 is 0. The van der Waals surface area contributed by atoms with Crippen LogP contribution in [0.15, 0.2) is 24.5 Å². The summed E-state index contributed by atoms with van der Waals surface area (Å²) in [5.41, 5.74) is 1.31. The summed E-state index contributed by atoms with van der Waals surface area (Å²) in [7, 11) is 0. The Morgan fingerprint density at radius 2 is 1.31 bits per heavy atom. The SMILES string of the molecule is C=C(CCC)CCCC(C)(C)C(C)(C)OC(=C)C(C)(CCC)C(C)(C)C. The highest BCUT2D eigenvalue weighted by Gasteiger charge is 2.45. The van der Waals surface area contributed by atoms with Crippen molar-refractivity contribution in [2.45, 2.75) is 120 Å². The van der Waals surface area contributed by atoms with Crippen LogP contribution in [0.1, 0.15) is 114 Å². The molecule has 0 aromatic rings. The van der Waals surface area contributed by atoms with E-state index in [0.717, 1.165) is 37.9 Å². The quantitative estimate of drug-likeness (QED) is 0.248. The molecule has 1 heteroatoms. The predicted octanol–water partition coefficient (Wildman–Crippen LogP) is 8.70. The lowest BCUT2D eigenvalue weighted by Gasteiger charge is -2.49. The monoisotopic (exact) mass is 364 g/mol. The van der Waals surface area contributed by atoms with E-state index in [-0.39, 0.29) is 21.8 Å². The van der Waals surface area contributed by atoms with Crippen molar-refractivity contribution in [1.29, 1.82) is 0 Å². The Balaban J connectivity index is 5.12. The fourth-order valence-electron chi connectivity index (χ4n) is 3.55. The van der Waals surface area contributed by atoms with Crippen LogP contribution < -0.4 is 0 Å². The van der Waals surface area contributed by atoms with Crippen LogP contribution >= 0.6 is 0 Å². The van der Waals surface area contributed by atoms with E-state index in [0.29, 0.717) is 0 Å². The second kappa shape index (κ2) is 9.47. The molecule has 154 valence electrons. The van der Waals surface area contributed by atoms with Crippen LogP contribution in [0.25, 0.3) is 0 Å². The zero-order valence-corrected chi connectivity index (χ0v) is 19.8. The van der Waals surface area contributed by atoms with Gasteiger partial charge in [0.15, 0.2) is 0 Å². The Bertz CT molecular complexity index is 461. The summed E-state index contributed by atoms with van der Waals surface area (Å²) in [5.74, 6) is 0.945. The van der Waals surface area contributed by atoms with Crippen LogP contribution in [-0.4, -0.2) is 5.60 Å². The van der Waals surface area contributed by atoms with Crippen LogP contribution in [0.5, 0.6) is 0 Å². The Hall–Kier alpha value is -0.720. The maximum Gasteiger partial charge on any atom is 0.108 e. The van der Waals surface area contributed by atoms with Gasteiger partial charge in [0.25, 0.3) is 0 Å². The largest absolute Gasteiger partial charge is 0.492 e. The molecule has 0 radical (unpaired) electrons. The number of hydrogen-bond donors (Lipinski definition) is 0. The molecule has 0 N–H and O–H groups in total. The minimum Gasteiger partial charge on any atom is -0.492 e. The van der Waals surface area contributed by atoms with Crippen molar-refractivity contribution in [3.63, 3.8) is 0 Å². The lowest BCUT2D eigenvalue weighted by molar-refractivity contribution is -0.0987. The molecule has 0 aliphatic rings. The van der Waals surface area contributed by atoms with E-state index in [1.165, 1.54) is 18.4 Å². The summed E-state index contributed by atoms with van der Waals surface area (Å²) in [5, 5.41) is 0. The van der Waals surface area contributed by atoms with Crippen LogP contribution in [0.4, 0.5) is 0 Å². The maximum absolute atomic E-state index is 6.63. The van der Waals surface area contributed by atoms with Crippen molar-refractivity contribution in [3.05, 3.63) is 24.5 Å². The van der Waals surface area contributed by atoms with Gasteiger partial charge in [-0.3, -0.25) is 0 Å². The zero-order chi connectivity index (χ0) is 20.8. The van der Waals surface area contributed by atoms with Gasteiger partial charge in [0.1, 0.15) is 5.60 Å². The summed E-state index contributed by atoms with van der Waals surface area (Å²) < 4.78 is 6.63. The predicted molar refractivity (Wildman–Crippen MR) is 118 cm³/mol. The first-order chi connectivity index (χ1) is 11.6. The molecule has 0 rings (SSSR count). The highest BCUT2D eigenvalue weighted by Crippen LogP contribution is 2.50. The highest BCUT2D eigenvalue weighted by atomic mass is 16.5. The van der Waals surface area contributed by atoms with E-state index >= 15 is 0 Å². The second-order valence-corrected chi connectivity index (χ2v) is 10.6. The van der Waals surface area contributed by atoms with E-state index in [4.69, 9.17) is 4.74 Å². The minimum atomic E-state index is -0.254.